The molecule has 20 heavy (non-hydrogen) atoms. The summed E-state index contributed by atoms with van der Waals surface area (Å²) in [6.07, 6.45) is 10.5. The molecule has 0 amide bonds. The minimum Gasteiger partial charge on any atom is -0.398 e. The molecule has 0 aliphatic heterocycles. The van der Waals surface area contributed by atoms with Gasteiger partial charge >= 0.3 is 0 Å². The van der Waals surface area contributed by atoms with Crippen LogP contribution in [0.1, 0.15) is 76.4 Å². The van der Waals surface area contributed by atoms with Crippen molar-refractivity contribution in [3.8, 4) is 0 Å². The van der Waals surface area contributed by atoms with Crippen molar-refractivity contribution >= 4 is 17.3 Å². The van der Waals surface area contributed by atoms with E-state index in [-0.39, 0.29) is 0 Å². The summed E-state index contributed by atoms with van der Waals surface area (Å²) in [5, 5.41) is 10.8. The van der Waals surface area contributed by atoms with Gasteiger partial charge in [-0.15, -0.1) is 0 Å². The van der Waals surface area contributed by atoms with Crippen LogP contribution < -0.4 is 5.73 Å². The number of halogens is 1. The number of aliphatic hydroxyl groups is 1. The Morgan fingerprint density at radius 2 is 1.65 bits per heavy atom. The minimum atomic E-state index is -0.465. The van der Waals surface area contributed by atoms with Crippen LogP contribution in [0.5, 0.6) is 0 Å². The number of benzene rings is 1. The molecule has 0 radical (unpaired) electrons. The lowest BCUT2D eigenvalue weighted by molar-refractivity contribution is 0.164. The molecule has 2 nitrogen and oxygen atoms in total. The van der Waals surface area contributed by atoms with E-state index in [2.05, 4.69) is 6.92 Å². The van der Waals surface area contributed by atoms with E-state index < -0.39 is 6.10 Å². The molecule has 1 aromatic carbocycles. The molecule has 1 unspecified atom stereocenters. The van der Waals surface area contributed by atoms with Crippen LogP contribution in [0.3, 0.4) is 0 Å². The van der Waals surface area contributed by atoms with Crippen LogP contribution in [-0.2, 0) is 0 Å². The minimum absolute atomic E-state index is 0.465. The first-order valence-electron chi connectivity index (χ1n) is 7.88. The van der Waals surface area contributed by atoms with E-state index in [1.165, 1.54) is 44.9 Å². The molecule has 0 spiro atoms. The summed E-state index contributed by atoms with van der Waals surface area (Å²) in [6.45, 7) is 2.24. The van der Waals surface area contributed by atoms with Crippen molar-refractivity contribution in [2.45, 2.75) is 70.8 Å². The van der Waals surface area contributed by atoms with Crippen LogP contribution in [0.2, 0.25) is 5.02 Å². The van der Waals surface area contributed by atoms with Gasteiger partial charge in [-0.3, -0.25) is 0 Å². The lowest BCUT2D eigenvalue weighted by Gasteiger charge is -2.13. The predicted octanol–water partition coefficient (Wildman–Crippen LogP) is 5.49. The average molecular weight is 298 g/mol. The summed E-state index contributed by atoms with van der Waals surface area (Å²) < 4.78 is 0. The highest BCUT2D eigenvalue weighted by Crippen LogP contribution is 2.27. The molecule has 3 heteroatoms. The maximum Gasteiger partial charge on any atom is 0.0809 e. The van der Waals surface area contributed by atoms with Crippen LogP contribution in [0.15, 0.2) is 18.2 Å². The van der Waals surface area contributed by atoms with Gasteiger partial charge in [0.2, 0.25) is 0 Å². The van der Waals surface area contributed by atoms with Gasteiger partial charge < -0.3 is 10.8 Å². The lowest BCUT2D eigenvalue weighted by atomic mass is 10.0. The summed E-state index contributed by atoms with van der Waals surface area (Å²) in [4.78, 5) is 0. The molecule has 0 bridgehead atoms. The number of rotatable bonds is 10. The molecule has 1 atom stereocenters. The fourth-order valence-corrected chi connectivity index (χ4v) is 2.66. The van der Waals surface area contributed by atoms with Gasteiger partial charge in [0.1, 0.15) is 0 Å². The molecule has 0 heterocycles. The van der Waals surface area contributed by atoms with Gasteiger partial charge in [-0.25, -0.2) is 0 Å². The van der Waals surface area contributed by atoms with E-state index in [4.69, 9.17) is 17.3 Å². The van der Waals surface area contributed by atoms with E-state index >= 15 is 0 Å². The van der Waals surface area contributed by atoms with Gasteiger partial charge in [0.05, 0.1) is 6.10 Å². The predicted molar refractivity (Wildman–Crippen MR) is 88.1 cm³/mol. The number of anilines is 1. The van der Waals surface area contributed by atoms with Crippen molar-refractivity contribution in [1.29, 1.82) is 0 Å². The zero-order valence-corrected chi connectivity index (χ0v) is 13.3. The smallest absolute Gasteiger partial charge is 0.0809 e. The highest BCUT2D eigenvalue weighted by Gasteiger charge is 2.10. The maximum absolute atomic E-state index is 10.1. The van der Waals surface area contributed by atoms with Gasteiger partial charge in [0, 0.05) is 16.3 Å². The Hall–Kier alpha value is -0.730. The normalized spacial score (nSPS) is 12.6. The molecular formula is C17H28ClNO. The molecule has 1 rings (SSSR count). The van der Waals surface area contributed by atoms with E-state index in [9.17, 15) is 5.11 Å². The van der Waals surface area contributed by atoms with E-state index in [1.54, 1.807) is 12.1 Å². The van der Waals surface area contributed by atoms with Crippen molar-refractivity contribution in [2.24, 2.45) is 0 Å². The van der Waals surface area contributed by atoms with Crippen molar-refractivity contribution in [3.63, 3.8) is 0 Å². The lowest BCUT2D eigenvalue weighted by Crippen LogP contribution is -2.02. The largest absolute Gasteiger partial charge is 0.398 e. The third-order valence-corrected chi connectivity index (χ3v) is 3.97. The molecule has 1 aromatic rings. The van der Waals surface area contributed by atoms with E-state index in [1.807, 2.05) is 6.07 Å². The van der Waals surface area contributed by atoms with Crippen LogP contribution in [0.4, 0.5) is 5.69 Å². The van der Waals surface area contributed by atoms with E-state index in [0.717, 1.165) is 18.4 Å². The summed E-state index contributed by atoms with van der Waals surface area (Å²) >= 11 is 5.86. The molecule has 0 aromatic heterocycles. The van der Waals surface area contributed by atoms with Gasteiger partial charge in [0.25, 0.3) is 0 Å². The average Bonchev–Trinajstić information content (AvgIpc) is 2.41. The summed E-state index contributed by atoms with van der Waals surface area (Å²) in [5.41, 5.74) is 7.27. The standard InChI is InChI=1S/C17H28ClNO/c1-2-3-4-5-6-7-8-9-10-17(20)15-12-11-14(18)13-16(15)19/h11-13,17,20H,2-10,19H2,1H3. The highest BCUT2D eigenvalue weighted by molar-refractivity contribution is 6.30. The van der Waals surface area contributed by atoms with Gasteiger partial charge in [-0.1, -0.05) is 76.0 Å². The summed E-state index contributed by atoms with van der Waals surface area (Å²) in [5.74, 6) is 0. The van der Waals surface area contributed by atoms with Crippen LogP contribution in [0.25, 0.3) is 0 Å². The SMILES string of the molecule is CCCCCCCCCCC(O)c1ccc(Cl)cc1N. The molecule has 0 saturated carbocycles. The fourth-order valence-electron chi connectivity index (χ4n) is 2.48. The summed E-state index contributed by atoms with van der Waals surface area (Å²) in [6, 6.07) is 5.31. The quantitative estimate of drug-likeness (QED) is 0.443. The second kappa shape index (κ2) is 10.1. The monoisotopic (exact) mass is 297 g/mol. The zero-order chi connectivity index (χ0) is 14.8. The van der Waals surface area contributed by atoms with Crippen molar-refractivity contribution in [1.82, 2.24) is 0 Å². The van der Waals surface area contributed by atoms with Crippen molar-refractivity contribution in [3.05, 3.63) is 28.8 Å². The zero-order valence-electron chi connectivity index (χ0n) is 12.6. The number of unbranched alkanes of at least 4 members (excludes halogenated alkanes) is 7. The number of nitrogens with two attached hydrogens (primary N) is 1. The molecule has 0 aliphatic carbocycles. The Bertz CT molecular complexity index is 381. The highest BCUT2D eigenvalue weighted by atomic mass is 35.5. The van der Waals surface area contributed by atoms with Gasteiger partial charge in [0.15, 0.2) is 0 Å². The topological polar surface area (TPSA) is 46.2 Å². The maximum atomic E-state index is 10.1. The first-order chi connectivity index (χ1) is 9.65. The Kier molecular flexibility index (Phi) is 8.72. The van der Waals surface area contributed by atoms with E-state index in [0.29, 0.717) is 10.7 Å². The first-order valence-corrected chi connectivity index (χ1v) is 8.26. The molecular weight excluding hydrogens is 270 g/mol. The Morgan fingerprint density at radius 1 is 1.05 bits per heavy atom. The Balaban J connectivity index is 2.15. The number of hydrogen-bond acceptors (Lipinski definition) is 2. The number of hydrogen-bond donors (Lipinski definition) is 2. The van der Waals surface area contributed by atoms with Gasteiger partial charge in [-0.2, -0.15) is 0 Å². The molecule has 0 aliphatic rings. The number of aliphatic hydroxyl groups excluding tert-OH is 1. The van der Waals surface area contributed by atoms with Crippen LogP contribution >= 0.6 is 11.6 Å². The molecule has 3 N–H and O–H groups in total. The van der Waals surface area contributed by atoms with Gasteiger partial charge in [-0.05, 0) is 18.6 Å². The molecule has 114 valence electrons. The van der Waals surface area contributed by atoms with Crippen LogP contribution in [-0.4, -0.2) is 5.11 Å². The third-order valence-electron chi connectivity index (χ3n) is 3.74. The summed E-state index contributed by atoms with van der Waals surface area (Å²) in [7, 11) is 0. The first kappa shape index (κ1) is 17.3. The van der Waals surface area contributed by atoms with Crippen molar-refractivity contribution in [2.75, 3.05) is 5.73 Å². The Labute approximate surface area is 128 Å². The Morgan fingerprint density at radius 3 is 2.25 bits per heavy atom. The second-order valence-corrected chi connectivity index (χ2v) is 5.99. The molecule has 0 saturated heterocycles. The second-order valence-electron chi connectivity index (χ2n) is 5.55. The third kappa shape index (κ3) is 6.62. The van der Waals surface area contributed by atoms with Crippen LogP contribution in [0, 0.1) is 0 Å². The fraction of sp³-hybridized carbons (Fsp3) is 0.647. The molecule has 0 fully saturated rings. The number of nitrogen functional groups attached to an aromatic ring is 1. The van der Waals surface area contributed by atoms with Crippen molar-refractivity contribution < 1.29 is 5.11 Å².